The highest BCUT2D eigenvalue weighted by Gasteiger charge is 2.20. The number of nitrogens with zero attached hydrogens (tertiary/aromatic N) is 1. The Hall–Kier alpha value is -2.04. The van der Waals surface area contributed by atoms with Crippen molar-refractivity contribution in [3.05, 3.63) is 29.8 Å². The molecule has 1 aliphatic rings. The van der Waals surface area contributed by atoms with E-state index in [1.54, 1.807) is 0 Å². The normalized spacial score (nSPS) is 12.9. The molecule has 5 nitrogen and oxygen atoms in total. The van der Waals surface area contributed by atoms with Gasteiger partial charge in [-0.1, -0.05) is 25.1 Å². The van der Waals surface area contributed by atoms with Gasteiger partial charge in [0.25, 0.3) is 0 Å². The maximum atomic E-state index is 11.9. The summed E-state index contributed by atoms with van der Waals surface area (Å²) in [6.07, 6.45) is 1.87. The minimum absolute atomic E-state index is 0.0499. The first-order chi connectivity index (χ1) is 9.70. The second-order valence-electron chi connectivity index (χ2n) is 4.93. The van der Waals surface area contributed by atoms with Crippen molar-refractivity contribution < 1.29 is 9.59 Å². The Kier molecular flexibility index (Phi) is 4.98. The summed E-state index contributed by atoms with van der Waals surface area (Å²) < 4.78 is 0. The SMILES string of the molecule is CCCNC(=O)CNC(=O)CN1CCc2ccccc21. The average Bonchev–Trinajstić information content (AvgIpc) is 2.86. The molecule has 0 bridgehead atoms. The molecule has 0 radical (unpaired) electrons. The van der Waals surface area contributed by atoms with Crippen molar-refractivity contribution in [1.82, 2.24) is 10.6 Å². The van der Waals surface area contributed by atoms with Crippen LogP contribution < -0.4 is 15.5 Å². The van der Waals surface area contributed by atoms with E-state index in [2.05, 4.69) is 21.6 Å². The van der Waals surface area contributed by atoms with E-state index < -0.39 is 0 Å². The third-order valence-corrected chi connectivity index (χ3v) is 3.34. The number of amides is 2. The molecule has 2 amide bonds. The van der Waals surface area contributed by atoms with Crippen molar-refractivity contribution in [1.29, 1.82) is 0 Å². The van der Waals surface area contributed by atoms with Crippen LogP contribution >= 0.6 is 0 Å². The summed E-state index contributed by atoms with van der Waals surface area (Å²) in [5.74, 6) is -0.254. The van der Waals surface area contributed by atoms with Crippen molar-refractivity contribution in [2.24, 2.45) is 0 Å². The number of para-hydroxylation sites is 1. The maximum Gasteiger partial charge on any atom is 0.239 e. The van der Waals surface area contributed by atoms with Crippen LogP contribution in [0.2, 0.25) is 0 Å². The van der Waals surface area contributed by atoms with Crippen LogP contribution in [0.3, 0.4) is 0 Å². The number of anilines is 1. The van der Waals surface area contributed by atoms with Gasteiger partial charge in [-0.25, -0.2) is 0 Å². The fourth-order valence-electron chi connectivity index (χ4n) is 2.31. The molecule has 5 heteroatoms. The smallest absolute Gasteiger partial charge is 0.239 e. The quantitative estimate of drug-likeness (QED) is 0.803. The van der Waals surface area contributed by atoms with Gasteiger partial charge in [-0.3, -0.25) is 9.59 Å². The van der Waals surface area contributed by atoms with Gasteiger partial charge < -0.3 is 15.5 Å². The molecule has 1 aromatic carbocycles. The molecule has 0 unspecified atom stereocenters. The topological polar surface area (TPSA) is 61.4 Å². The van der Waals surface area contributed by atoms with Crippen LogP contribution in [0, 0.1) is 0 Å². The van der Waals surface area contributed by atoms with Gasteiger partial charge in [0.05, 0.1) is 13.1 Å². The lowest BCUT2D eigenvalue weighted by molar-refractivity contribution is -0.125. The van der Waals surface area contributed by atoms with Crippen molar-refractivity contribution in [3.63, 3.8) is 0 Å². The van der Waals surface area contributed by atoms with E-state index in [1.807, 2.05) is 25.1 Å². The number of rotatable bonds is 6. The molecule has 2 N–H and O–H groups in total. The number of carbonyl (C=O) groups excluding carboxylic acids is 2. The molecule has 1 heterocycles. The summed E-state index contributed by atoms with van der Waals surface area (Å²) in [7, 11) is 0. The zero-order valence-corrected chi connectivity index (χ0v) is 11.8. The van der Waals surface area contributed by atoms with Gasteiger partial charge in [-0.15, -0.1) is 0 Å². The third kappa shape index (κ3) is 3.73. The molecule has 20 heavy (non-hydrogen) atoms. The first-order valence-electron chi connectivity index (χ1n) is 7.07. The van der Waals surface area contributed by atoms with E-state index in [0.29, 0.717) is 13.1 Å². The average molecular weight is 275 g/mol. The van der Waals surface area contributed by atoms with Crippen LogP contribution in [-0.2, 0) is 16.0 Å². The summed E-state index contributed by atoms with van der Waals surface area (Å²) in [4.78, 5) is 25.3. The van der Waals surface area contributed by atoms with Crippen molar-refractivity contribution >= 4 is 17.5 Å². The van der Waals surface area contributed by atoms with Gasteiger partial charge in [0, 0.05) is 18.8 Å². The minimum Gasteiger partial charge on any atom is -0.362 e. The van der Waals surface area contributed by atoms with Gasteiger partial charge in [0.15, 0.2) is 0 Å². The van der Waals surface area contributed by atoms with Crippen LogP contribution in [0.4, 0.5) is 5.69 Å². The molecule has 0 spiro atoms. The van der Waals surface area contributed by atoms with Crippen molar-refractivity contribution in [2.75, 3.05) is 31.1 Å². The second-order valence-corrected chi connectivity index (χ2v) is 4.93. The maximum absolute atomic E-state index is 11.9. The summed E-state index contributed by atoms with van der Waals surface area (Å²) >= 11 is 0. The van der Waals surface area contributed by atoms with E-state index in [9.17, 15) is 9.59 Å². The van der Waals surface area contributed by atoms with Crippen LogP contribution in [0.1, 0.15) is 18.9 Å². The molecule has 108 valence electrons. The zero-order valence-electron chi connectivity index (χ0n) is 11.8. The molecule has 2 rings (SSSR count). The fourth-order valence-corrected chi connectivity index (χ4v) is 2.31. The second kappa shape index (κ2) is 6.93. The van der Waals surface area contributed by atoms with Crippen molar-refractivity contribution in [3.8, 4) is 0 Å². The number of fused-ring (bicyclic) bond motifs is 1. The summed E-state index contributed by atoms with van der Waals surface area (Å²) in [6, 6.07) is 8.11. The van der Waals surface area contributed by atoms with E-state index in [0.717, 1.165) is 25.1 Å². The minimum atomic E-state index is -0.137. The Morgan fingerprint density at radius 3 is 2.80 bits per heavy atom. The molecule has 0 aliphatic carbocycles. The number of benzene rings is 1. The Morgan fingerprint density at radius 2 is 2.00 bits per heavy atom. The fraction of sp³-hybridized carbons (Fsp3) is 0.467. The van der Waals surface area contributed by atoms with E-state index in [4.69, 9.17) is 0 Å². The molecule has 0 saturated carbocycles. The number of hydrogen-bond acceptors (Lipinski definition) is 3. The first kappa shape index (κ1) is 14.4. The number of nitrogens with one attached hydrogen (secondary N) is 2. The molecule has 1 aliphatic heterocycles. The predicted octanol–water partition coefficient (Wildman–Crippen LogP) is 0.692. The van der Waals surface area contributed by atoms with Gasteiger partial charge in [0.2, 0.25) is 11.8 Å². The Morgan fingerprint density at radius 1 is 1.20 bits per heavy atom. The van der Waals surface area contributed by atoms with E-state index >= 15 is 0 Å². The predicted molar refractivity (Wildman–Crippen MR) is 78.7 cm³/mol. The van der Waals surface area contributed by atoms with Crippen LogP contribution in [0.25, 0.3) is 0 Å². The summed E-state index contributed by atoms with van der Waals surface area (Å²) in [5.41, 5.74) is 2.40. The molecular weight excluding hydrogens is 254 g/mol. The molecule has 0 aromatic heterocycles. The van der Waals surface area contributed by atoms with Crippen molar-refractivity contribution in [2.45, 2.75) is 19.8 Å². The summed E-state index contributed by atoms with van der Waals surface area (Å²) in [6.45, 7) is 3.85. The first-order valence-corrected chi connectivity index (χ1v) is 7.07. The van der Waals surface area contributed by atoms with Crippen LogP contribution in [0.15, 0.2) is 24.3 Å². The largest absolute Gasteiger partial charge is 0.362 e. The Labute approximate surface area is 119 Å². The molecule has 0 saturated heterocycles. The summed E-state index contributed by atoms with van der Waals surface area (Å²) in [5, 5.41) is 5.39. The lowest BCUT2D eigenvalue weighted by Crippen LogP contribution is -2.41. The van der Waals surface area contributed by atoms with Gasteiger partial charge in [-0.2, -0.15) is 0 Å². The molecule has 0 fully saturated rings. The van der Waals surface area contributed by atoms with Crippen LogP contribution in [-0.4, -0.2) is 38.0 Å². The molecule has 1 aromatic rings. The van der Waals surface area contributed by atoms with Gasteiger partial charge >= 0.3 is 0 Å². The lowest BCUT2D eigenvalue weighted by Gasteiger charge is -2.18. The van der Waals surface area contributed by atoms with Gasteiger partial charge in [-0.05, 0) is 24.5 Å². The Bertz CT molecular complexity index is 488. The van der Waals surface area contributed by atoms with E-state index in [-0.39, 0.29) is 18.4 Å². The highest BCUT2D eigenvalue weighted by atomic mass is 16.2. The number of carbonyl (C=O) groups is 2. The molecular formula is C15H21N3O2. The lowest BCUT2D eigenvalue weighted by atomic mass is 10.2. The monoisotopic (exact) mass is 275 g/mol. The third-order valence-electron chi connectivity index (χ3n) is 3.34. The van der Waals surface area contributed by atoms with Gasteiger partial charge in [0.1, 0.15) is 0 Å². The highest BCUT2D eigenvalue weighted by Crippen LogP contribution is 2.26. The van der Waals surface area contributed by atoms with E-state index in [1.165, 1.54) is 5.56 Å². The standard InChI is InChI=1S/C15H21N3O2/c1-2-8-16-14(19)10-17-15(20)11-18-9-7-12-5-3-4-6-13(12)18/h3-6H,2,7-11H2,1H3,(H,16,19)(H,17,20). The highest BCUT2D eigenvalue weighted by molar-refractivity contribution is 5.87. The zero-order chi connectivity index (χ0) is 14.4. The molecule has 0 atom stereocenters. The van der Waals surface area contributed by atoms with Crippen LogP contribution in [0.5, 0.6) is 0 Å². The number of hydrogen-bond donors (Lipinski definition) is 2. The Balaban J connectivity index is 1.77.